The Morgan fingerprint density at radius 1 is 1.05 bits per heavy atom. The van der Waals surface area contributed by atoms with E-state index in [1.165, 1.54) is 0 Å². The number of rotatable bonds is 3. The molecule has 0 bridgehead atoms. The first kappa shape index (κ1) is 14.1. The summed E-state index contributed by atoms with van der Waals surface area (Å²) in [5.41, 5.74) is 1.62. The molecule has 0 spiro atoms. The van der Waals surface area contributed by atoms with Crippen molar-refractivity contribution in [3.63, 3.8) is 0 Å². The van der Waals surface area contributed by atoms with E-state index in [1.54, 1.807) is 6.08 Å². The van der Waals surface area contributed by atoms with Gasteiger partial charge in [-0.05, 0) is 58.5 Å². The summed E-state index contributed by atoms with van der Waals surface area (Å²) in [6.07, 6.45) is 1.64. The molecular weight excluding hydrogens is 373 g/mol. The molecule has 96 valence electrons. The Labute approximate surface area is 130 Å². The fraction of sp³-hybridized carbons (Fsp3) is 0. The Balaban J connectivity index is 2.07. The van der Waals surface area contributed by atoms with E-state index in [2.05, 4.69) is 27.9 Å². The number of amides is 1. The first-order valence-electron chi connectivity index (χ1n) is 5.64. The van der Waals surface area contributed by atoms with Crippen LogP contribution >= 0.6 is 34.2 Å². The second kappa shape index (κ2) is 6.73. The normalized spacial score (nSPS) is 11.2. The van der Waals surface area contributed by atoms with Crippen molar-refractivity contribution in [1.29, 1.82) is 0 Å². The third-order valence-corrected chi connectivity index (χ3v) is 3.41. The largest absolute Gasteiger partial charge is 0.321 e. The lowest BCUT2D eigenvalue weighted by molar-refractivity contribution is -0.112. The first-order valence-corrected chi connectivity index (χ1v) is 7.10. The van der Waals surface area contributed by atoms with Crippen LogP contribution < -0.4 is 5.32 Å². The highest BCUT2D eigenvalue weighted by Gasteiger charge is 2.06. The van der Waals surface area contributed by atoms with Crippen molar-refractivity contribution in [3.8, 4) is 0 Å². The van der Waals surface area contributed by atoms with Crippen molar-refractivity contribution >= 4 is 51.9 Å². The summed E-state index contributed by atoms with van der Waals surface area (Å²) in [5, 5.41) is 2.90. The van der Waals surface area contributed by atoms with Crippen LogP contribution in [0.15, 0.2) is 59.6 Å². The molecular formula is C15H11ClINO. The minimum atomic E-state index is -0.313. The molecule has 0 fully saturated rings. The van der Waals surface area contributed by atoms with Crippen LogP contribution in [-0.2, 0) is 4.79 Å². The highest BCUT2D eigenvalue weighted by atomic mass is 127. The average molecular weight is 384 g/mol. The highest BCUT2D eigenvalue weighted by Crippen LogP contribution is 2.15. The number of carbonyl (C=O) groups excluding carboxylic acids is 1. The molecule has 0 atom stereocenters. The van der Waals surface area contributed by atoms with Gasteiger partial charge in [-0.3, -0.25) is 4.79 Å². The first-order chi connectivity index (χ1) is 9.15. The van der Waals surface area contributed by atoms with Crippen LogP contribution in [-0.4, -0.2) is 5.91 Å². The summed E-state index contributed by atoms with van der Waals surface area (Å²) < 4.78 is 1.11. The zero-order chi connectivity index (χ0) is 13.7. The van der Waals surface area contributed by atoms with E-state index in [1.807, 2.05) is 54.6 Å². The Kier molecular flexibility index (Phi) is 4.99. The van der Waals surface area contributed by atoms with Gasteiger partial charge in [-0.25, -0.2) is 0 Å². The summed E-state index contributed by atoms with van der Waals surface area (Å²) in [6, 6.07) is 17.0. The summed E-state index contributed by atoms with van der Waals surface area (Å²) >= 11 is 8.20. The summed E-state index contributed by atoms with van der Waals surface area (Å²) in [7, 11) is 0. The predicted octanol–water partition coefficient (Wildman–Crippen LogP) is 4.51. The van der Waals surface area contributed by atoms with Crippen LogP contribution in [0.1, 0.15) is 5.56 Å². The molecule has 0 aromatic heterocycles. The van der Waals surface area contributed by atoms with E-state index in [9.17, 15) is 4.79 Å². The Morgan fingerprint density at radius 3 is 2.32 bits per heavy atom. The number of halogens is 2. The van der Waals surface area contributed by atoms with E-state index < -0.39 is 0 Å². The molecule has 2 aromatic carbocycles. The molecule has 0 unspecified atom stereocenters. The molecule has 0 aliphatic rings. The van der Waals surface area contributed by atoms with Gasteiger partial charge in [0.05, 0.1) is 0 Å². The van der Waals surface area contributed by atoms with E-state index >= 15 is 0 Å². The number of hydrogen-bond donors (Lipinski definition) is 1. The molecule has 2 nitrogen and oxygen atoms in total. The standard InChI is InChI=1S/C15H11ClINO/c16-14(10-11-4-2-1-3-5-11)15(19)18-13-8-6-12(17)7-9-13/h1-10H,(H,18,19). The van der Waals surface area contributed by atoms with Crippen LogP contribution in [0.25, 0.3) is 6.08 Å². The fourth-order valence-corrected chi connectivity index (χ4v) is 2.02. The van der Waals surface area contributed by atoms with Gasteiger partial charge in [-0.2, -0.15) is 0 Å². The molecule has 2 aromatic rings. The van der Waals surface area contributed by atoms with Crippen LogP contribution in [0.5, 0.6) is 0 Å². The van der Waals surface area contributed by atoms with E-state index in [0.29, 0.717) is 0 Å². The van der Waals surface area contributed by atoms with Crippen molar-refractivity contribution < 1.29 is 4.79 Å². The third-order valence-electron chi connectivity index (χ3n) is 2.41. The lowest BCUT2D eigenvalue weighted by atomic mass is 10.2. The minimum Gasteiger partial charge on any atom is -0.321 e. The van der Waals surface area contributed by atoms with Crippen LogP contribution in [0.3, 0.4) is 0 Å². The maximum absolute atomic E-state index is 11.9. The van der Waals surface area contributed by atoms with Crippen molar-refractivity contribution in [2.24, 2.45) is 0 Å². The minimum absolute atomic E-state index is 0.157. The Hall–Kier alpha value is -1.33. The van der Waals surface area contributed by atoms with Crippen molar-refractivity contribution in [1.82, 2.24) is 0 Å². The highest BCUT2D eigenvalue weighted by molar-refractivity contribution is 14.1. The number of benzene rings is 2. The molecule has 1 amide bonds. The zero-order valence-corrected chi connectivity index (χ0v) is 12.9. The van der Waals surface area contributed by atoms with Crippen molar-refractivity contribution in [3.05, 3.63) is 68.8 Å². The average Bonchev–Trinajstić information content (AvgIpc) is 2.42. The third kappa shape index (κ3) is 4.36. The van der Waals surface area contributed by atoms with Gasteiger partial charge in [0.25, 0.3) is 5.91 Å². The van der Waals surface area contributed by atoms with Gasteiger partial charge in [0.2, 0.25) is 0 Å². The summed E-state index contributed by atoms with van der Waals surface area (Å²) in [4.78, 5) is 11.9. The van der Waals surface area contributed by atoms with Gasteiger partial charge in [-0.1, -0.05) is 41.9 Å². The smallest absolute Gasteiger partial charge is 0.267 e. The van der Waals surface area contributed by atoms with Gasteiger partial charge in [0, 0.05) is 9.26 Å². The topological polar surface area (TPSA) is 29.1 Å². The molecule has 0 heterocycles. The lowest BCUT2D eigenvalue weighted by Crippen LogP contribution is -2.11. The van der Waals surface area contributed by atoms with E-state index in [-0.39, 0.29) is 10.9 Å². The molecule has 0 aliphatic carbocycles. The molecule has 4 heteroatoms. The molecule has 1 N–H and O–H groups in total. The lowest BCUT2D eigenvalue weighted by Gasteiger charge is -2.04. The molecule has 0 saturated heterocycles. The quantitative estimate of drug-likeness (QED) is 0.613. The van der Waals surface area contributed by atoms with Crippen molar-refractivity contribution in [2.45, 2.75) is 0 Å². The number of hydrogen-bond acceptors (Lipinski definition) is 1. The van der Waals surface area contributed by atoms with E-state index in [0.717, 1.165) is 14.8 Å². The molecule has 0 radical (unpaired) electrons. The number of anilines is 1. The maximum Gasteiger partial charge on any atom is 0.267 e. The van der Waals surface area contributed by atoms with Gasteiger partial charge in [-0.15, -0.1) is 0 Å². The van der Waals surface area contributed by atoms with Gasteiger partial charge < -0.3 is 5.32 Å². The Bertz CT molecular complexity index is 593. The van der Waals surface area contributed by atoms with Gasteiger partial charge in [0.15, 0.2) is 0 Å². The predicted molar refractivity (Wildman–Crippen MR) is 88.1 cm³/mol. The van der Waals surface area contributed by atoms with E-state index in [4.69, 9.17) is 11.6 Å². The van der Waals surface area contributed by atoms with Crippen molar-refractivity contribution in [2.75, 3.05) is 5.32 Å². The summed E-state index contributed by atoms with van der Waals surface area (Å²) in [5.74, 6) is -0.313. The molecule has 2 rings (SSSR count). The van der Waals surface area contributed by atoms with Crippen LogP contribution in [0.4, 0.5) is 5.69 Å². The van der Waals surface area contributed by atoms with Crippen LogP contribution in [0, 0.1) is 3.57 Å². The molecule has 0 aliphatic heterocycles. The SMILES string of the molecule is O=C(Nc1ccc(I)cc1)C(Cl)=Cc1ccccc1. The second-order valence-corrected chi connectivity index (χ2v) is 5.52. The maximum atomic E-state index is 11.9. The number of carbonyl (C=O) groups is 1. The second-order valence-electron chi connectivity index (χ2n) is 3.86. The monoisotopic (exact) mass is 383 g/mol. The summed E-state index contributed by atoms with van der Waals surface area (Å²) in [6.45, 7) is 0. The van der Waals surface area contributed by atoms with Gasteiger partial charge in [0.1, 0.15) is 5.03 Å². The molecule has 0 saturated carbocycles. The van der Waals surface area contributed by atoms with Crippen LogP contribution in [0.2, 0.25) is 0 Å². The van der Waals surface area contributed by atoms with Gasteiger partial charge >= 0.3 is 0 Å². The Morgan fingerprint density at radius 2 is 1.68 bits per heavy atom. The zero-order valence-electron chi connectivity index (χ0n) is 9.94. The number of nitrogens with one attached hydrogen (secondary N) is 1. The fourth-order valence-electron chi connectivity index (χ4n) is 1.49. The molecule has 19 heavy (non-hydrogen) atoms.